The molecule has 1 N–H and O–H groups in total. The lowest BCUT2D eigenvalue weighted by molar-refractivity contribution is 0.0378. The van der Waals surface area contributed by atoms with Crippen LogP contribution in [0.4, 0.5) is 5.82 Å². The number of anilines is 1. The molecular weight excluding hydrogens is 440 g/mol. The second-order valence-corrected chi connectivity index (χ2v) is 8.96. The molecule has 7 heteroatoms. The molecule has 1 aliphatic heterocycles. The first-order valence-corrected chi connectivity index (χ1v) is 12.0. The molecule has 1 amide bonds. The number of hydrogen-bond acceptors (Lipinski definition) is 6. The summed E-state index contributed by atoms with van der Waals surface area (Å²) in [5.41, 5.74) is 3.48. The molecule has 0 spiro atoms. The van der Waals surface area contributed by atoms with E-state index in [1.807, 2.05) is 44.2 Å². The number of amides is 1. The number of benzene rings is 2. The Kier molecular flexibility index (Phi) is 8.11. The summed E-state index contributed by atoms with van der Waals surface area (Å²) in [6, 6.07) is 21.2. The second kappa shape index (κ2) is 11.6. The van der Waals surface area contributed by atoms with Gasteiger partial charge in [-0.05, 0) is 49.2 Å². The molecule has 3 aromatic rings. The highest BCUT2D eigenvalue weighted by Gasteiger charge is 2.23. The number of hydrogen-bond donors (Lipinski definition) is 1. The molecule has 2 heterocycles. The minimum Gasteiger partial charge on any atom is -0.459 e. The third-order valence-electron chi connectivity index (χ3n) is 5.94. The summed E-state index contributed by atoms with van der Waals surface area (Å²) in [6.45, 7) is 8.40. The van der Waals surface area contributed by atoms with Crippen molar-refractivity contribution in [2.75, 3.05) is 31.1 Å². The number of ether oxygens (including phenoxy) is 1. The molecule has 4 rings (SSSR count). The smallest absolute Gasteiger partial charge is 0.342 e. The zero-order valence-electron chi connectivity index (χ0n) is 20.3. The van der Waals surface area contributed by atoms with E-state index >= 15 is 0 Å². The lowest BCUT2D eigenvalue weighted by Crippen LogP contribution is -2.46. The van der Waals surface area contributed by atoms with Gasteiger partial charge in [0.15, 0.2) is 0 Å². The first-order valence-electron chi connectivity index (χ1n) is 12.0. The van der Waals surface area contributed by atoms with Crippen molar-refractivity contribution in [3.8, 4) is 0 Å². The Morgan fingerprint density at radius 2 is 1.60 bits per heavy atom. The number of pyridine rings is 1. The maximum Gasteiger partial charge on any atom is 0.342 e. The normalized spacial score (nSPS) is 14.1. The van der Waals surface area contributed by atoms with E-state index in [9.17, 15) is 9.59 Å². The molecule has 2 aromatic carbocycles. The fraction of sp³-hybridized carbons (Fsp3) is 0.321. The van der Waals surface area contributed by atoms with E-state index in [1.165, 1.54) is 5.56 Å². The summed E-state index contributed by atoms with van der Waals surface area (Å²) < 4.78 is 5.39. The van der Waals surface area contributed by atoms with E-state index in [4.69, 9.17) is 4.74 Å². The van der Waals surface area contributed by atoms with Crippen LogP contribution < -0.4 is 10.2 Å². The maximum absolute atomic E-state index is 12.5. The molecule has 1 aromatic heterocycles. The van der Waals surface area contributed by atoms with Crippen LogP contribution in [0.2, 0.25) is 0 Å². The number of esters is 1. The summed E-state index contributed by atoms with van der Waals surface area (Å²) in [5, 5.41) is 2.97. The molecule has 7 nitrogen and oxygen atoms in total. The van der Waals surface area contributed by atoms with Crippen LogP contribution in [0.5, 0.6) is 0 Å². The van der Waals surface area contributed by atoms with Crippen molar-refractivity contribution in [3.05, 3.63) is 95.2 Å². The van der Waals surface area contributed by atoms with Crippen molar-refractivity contribution in [1.82, 2.24) is 15.2 Å². The van der Waals surface area contributed by atoms with Gasteiger partial charge in [-0.1, -0.05) is 42.5 Å². The predicted octanol–water partition coefficient (Wildman–Crippen LogP) is 3.90. The summed E-state index contributed by atoms with van der Waals surface area (Å²) in [5.74, 6) is 0.298. The van der Waals surface area contributed by atoms with Crippen molar-refractivity contribution in [2.45, 2.75) is 33.0 Å². The van der Waals surface area contributed by atoms with Gasteiger partial charge < -0.3 is 15.0 Å². The minimum absolute atomic E-state index is 0.0684. The average Bonchev–Trinajstić information content (AvgIpc) is 2.89. The van der Waals surface area contributed by atoms with Gasteiger partial charge in [0.2, 0.25) is 0 Å². The van der Waals surface area contributed by atoms with Crippen molar-refractivity contribution in [2.24, 2.45) is 0 Å². The number of carbonyl (C=O) groups excluding carboxylic acids is 2. The average molecular weight is 473 g/mol. The van der Waals surface area contributed by atoms with Crippen LogP contribution in [0.3, 0.4) is 0 Å². The van der Waals surface area contributed by atoms with Crippen LogP contribution in [0.25, 0.3) is 0 Å². The van der Waals surface area contributed by atoms with E-state index in [0.717, 1.165) is 38.3 Å². The molecule has 0 atom stereocenters. The SMILES string of the molecule is CC(C)OC(=O)c1cccnc1N1CCN(Cc2ccc(CNC(=O)c3ccccc3)cc2)CC1. The molecule has 0 radical (unpaired) electrons. The number of nitrogens with zero attached hydrogens (tertiary/aromatic N) is 3. The molecule has 35 heavy (non-hydrogen) atoms. The van der Waals surface area contributed by atoms with Gasteiger partial charge in [0, 0.05) is 51.0 Å². The van der Waals surface area contributed by atoms with E-state index in [-0.39, 0.29) is 18.0 Å². The van der Waals surface area contributed by atoms with Crippen molar-refractivity contribution >= 4 is 17.7 Å². The topological polar surface area (TPSA) is 74.8 Å². The summed E-state index contributed by atoms with van der Waals surface area (Å²) in [4.78, 5) is 33.7. The number of piperazine rings is 1. The van der Waals surface area contributed by atoms with Crippen LogP contribution >= 0.6 is 0 Å². The van der Waals surface area contributed by atoms with Gasteiger partial charge in [-0.15, -0.1) is 0 Å². The molecule has 0 unspecified atom stereocenters. The van der Waals surface area contributed by atoms with Gasteiger partial charge in [-0.2, -0.15) is 0 Å². The standard InChI is InChI=1S/C28H32N4O3/c1-21(2)35-28(34)25-9-6-14-29-26(25)32-17-15-31(16-18-32)20-23-12-10-22(11-13-23)19-30-27(33)24-7-4-3-5-8-24/h3-14,21H,15-20H2,1-2H3,(H,30,33). The summed E-state index contributed by atoms with van der Waals surface area (Å²) in [6.07, 6.45) is 1.55. The van der Waals surface area contributed by atoms with Crippen molar-refractivity contribution < 1.29 is 14.3 Å². The van der Waals surface area contributed by atoms with Gasteiger partial charge in [-0.3, -0.25) is 9.69 Å². The zero-order valence-corrected chi connectivity index (χ0v) is 20.3. The van der Waals surface area contributed by atoms with E-state index in [1.54, 1.807) is 18.3 Å². The monoisotopic (exact) mass is 472 g/mol. The van der Waals surface area contributed by atoms with Crippen molar-refractivity contribution in [3.63, 3.8) is 0 Å². The molecule has 0 aliphatic carbocycles. The van der Waals surface area contributed by atoms with Gasteiger partial charge in [0.25, 0.3) is 5.91 Å². The Balaban J connectivity index is 1.27. The van der Waals surface area contributed by atoms with E-state index < -0.39 is 0 Å². The van der Waals surface area contributed by atoms with Gasteiger partial charge >= 0.3 is 5.97 Å². The van der Waals surface area contributed by atoms with Crippen LogP contribution in [0, 0.1) is 0 Å². The van der Waals surface area contributed by atoms with Crippen molar-refractivity contribution in [1.29, 1.82) is 0 Å². The first kappa shape index (κ1) is 24.4. The highest BCUT2D eigenvalue weighted by Crippen LogP contribution is 2.21. The fourth-order valence-corrected chi connectivity index (χ4v) is 4.10. The Labute approximate surface area is 206 Å². The molecule has 1 fully saturated rings. The quantitative estimate of drug-likeness (QED) is 0.501. The Morgan fingerprint density at radius 1 is 0.914 bits per heavy atom. The first-order chi connectivity index (χ1) is 17.0. The summed E-state index contributed by atoms with van der Waals surface area (Å²) >= 11 is 0. The maximum atomic E-state index is 12.5. The van der Waals surface area contributed by atoms with Crippen LogP contribution in [-0.4, -0.2) is 54.0 Å². The van der Waals surface area contributed by atoms with E-state index in [2.05, 4.69) is 44.4 Å². The van der Waals surface area contributed by atoms with Gasteiger partial charge in [0.1, 0.15) is 11.4 Å². The number of carbonyl (C=O) groups is 2. The number of rotatable bonds is 8. The molecule has 1 aliphatic rings. The summed E-state index contributed by atoms with van der Waals surface area (Å²) in [7, 11) is 0. The van der Waals surface area contributed by atoms with Crippen LogP contribution in [0.15, 0.2) is 72.9 Å². The van der Waals surface area contributed by atoms with Gasteiger partial charge in [-0.25, -0.2) is 9.78 Å². The van der Waals surface area contributed by atoms with E-state index in [0.29, 0.717) is 23.5 Å². The fourth-order valence-electron chi connectivity index (χ4n) is 4.10. The number of aromatic nitrogens is 1. The molecule has 1 saturated heterocycles. The number of nitrogens with one attached hydrogen (secondary N) is 1. The lowest BCUT2D eigenvalue weighted by Gasteiger charge is -2.36. The Morgan fingerprint density at radius 3 is 2.29 bits per heavy atom. The third-order valence-corrected chi connectivity index (χ3v) is 5.94. The molecule has 182 valence electrons. The highest BCUT2D eigenvalue weighted by molar-refractivity contribution is 5.95. The zero-order chi connectivity index (χ0) is 24.6. The molecule has 0 saturated carbocycles. The Hall–Kier alpha value is -3.71. The lowest BCUT2D eigenvalue weighted by atomic mass is 10.1. The predicted molar refractivity (Wildman–Crippen MR) is 136 cm³/mol. The second-order valence-electron chi connectivity index (χ2n) is 8.96. The molecular formula is C28H32N4O3. The highest BCUT2D eigenvalue weighted by atomic mass is 16.5. The third kappa shape index (κ3) is 6.67. The minimum atomic E-state index is -0.328. The van der Waals surface area contributed by atoms with Gasteiger partial charge in [0.05, 0.1) is 6.10 Å². The molecule has 0 bridgehead atoms. The van der Waals surface area contributed by atoms with Crippen LogP contribution in [0.1, 0.15) is 45.7 Å². The Bertz CT molecular complexity index is 1120. The largest absolute Gasteiger partial charge is 0.459 e. The van der Waals surface area contributed by atoms with Crippen LogP contribution in [-0.2, 0) is 17.8 Å².